The fraction of sp³-hybridized carbons (Fsp3) is 0.650. The van der Waals surface area contributed by atoms with Crippen LogP contribution in [0.4, 0.5) is 5.82 Å². The third-order valence-corrected chi connectivity index (χ3v) is 6.49. The Kier molecular flexibility index (Phi) is 6.42. The molecular formula is C20H29N4OS+. The standard InChI is InChI=1S/C20H28N4OS/c1-3-23(4-2)18(25)14-26-20-17(13-21)15-9-5-6-10-16(15)19(22-20)24-11-7-8-12-24/h3-12,14H2,1-2H3/p+1. The van der Waals surface area contributed by atoms with Crippen LogP contribution in [0.3, 0.4) is 0 Å². The Hall–Kier alpha value is -1.74. The van der Waals surface area contributed by atoms with Gasteiger partial charge in [-0.15, -0.1) is 0 Å². The molecule has 0 unspecified atom stereocenters. The van der Waals surface area contributed by atoms with Gasteiger partial charge in [-0.1, -0.05) is 11.8 Å². The number of H-pyrrole nitrogens is 1. The van der Waals surface area contributed by atoms with E-state index in [1.54, 1.807) is 0 Å². The number of aromatic amines is 1. The molecule has 0 aromatic carbocycles. The number of nitrogens with one attached hydrogen (secondary N) is 1. The van der Waals surface area contributed by atoms with E-state index in [-0.39, 0.29) is 5.91 Å². The van der Waals surface area contributed by atoms with E-state index in [0.29, 0.717) is 5.75 Å². The summed E-state index contributed by atoms with van der Waals surface area (Å²) in [4.78, 5) is 20.2. The van der Waals surface area contributed by atoms with Crippen LogP contribution in [-0.2, 0) is 17.6 Å². The zero-order chi connectivity index (χ0) is 18.5. The van der Waals surface area contributed by atoms with Crippen LogP contribution in [0.15, 0.2) is 5.03 Å². The summed E-state index contributed by atoms with van der Waals surface area (Å²) in [6.07, 6.45) is 6.82. The van der Waals surface area contributed by atoms with E-state index in [1.807, 2.05) is 18.7 Å². The molecule has 1 aliphatic heterocycles. The van der Waals surface area contributed by atoms with Crippen molar-refractivity contribution in [1.82, 2.24) is 4.90 Å². The van der Waals surface area contributed by atoms with Crippen LogP contribution >= 0.6 is 11.8 Å². The number of nitrogens with zero attached hydrogens (tertiary/aromatic N) is 3. The minimum atomic E-state index is 0.137. The van der Waals surface area contributed by atoms with E-state index in [4.69, 9.17) is 0 Å². The number of carbonyl (C=O) groups excluding carboxylic acids is 1. The van der Waals surface area contributed by atoms with Gasteiger partial charge in [0, 0.05) is 18.7 Å². The molecule has 1 N–H and O–H groups in total. The van der Waals surface area contributed by atoms with Crippen molar-refractivity contribution in [1.29, 1.82) is 5.26 Å². The van der Waals surface area contributed by atoms with Crippen LogP contribution in [0.1, 0.15) is 56.2 Å². The minimum absolute atomic E-state index is 0.137. The van der Waals surface area contributed by atoms with Crippen LogP contribution in [0.2, 0.25) is 0 Å². The number of amides is 1. The zero-order valence-electron chi connectivity index (χ0n) is 15.9. The Morgan fingerprint density at radius 3 is 2.42 bits per heavy atom. The summed E-state index contributed by atoms with van der Waals surface area (Å²) >= 11 is 1.49. The van der Waals surface area contributed by atoms with Crippen molar-refractivity contribution in [2.75, 3.05) is 36.8 Å². The number of hydrogen-bond donors (Lipinski definition) is 0. The van der Waals surface area contributed by atoms with Crippen molar-refractivity contribution in [2.24, 2.45) is 0 Å². The lowest BCUT2D eigenvalue weighted by Gasteiger charge is -2.22. The van der Waals surface area contributed by atoms with Crippen molar-refractivity contribution in [3.05, 3.63) is 16.7 Å². The average Bonchev–Trinajstić information content (AvgIpc) is 3.21. The summed E-state index contributed by atoms with van der Waals surface area (Å²) < 4.78 is 0. The molecule has 2 aliphatic rings. The molecule has 0 radical (unpaired) electrons. The fourth-order valence-corrected chi connectivity index (χ4v) is 5.00. The Bertz CT molecular complexity index is 703. The molecule has 0 spiro atoms. The Labute approximate surface area is 160 Å². The van der Waals surface area contributed by atoms with Crippen molar-refractivity contribution in [2.45, 2.75) is 57.4 Å². The second-order valence-corrected chi connectivity index (χ2v) is 7.99. The molecule has 5 nitrogen and oxygen atoms in total. The largest absolute Gasteiger partial charge is 0.343 e. The Morgan fingerprint density at radius 1 is 1.15 bits per heavy atom. The third kappa shape index (κ3) is 3.83. The number of pyridine rings is 1. The molecule has 1 fully saturated rings. The zero-order valence-corrected chi connectivity index (χ0v) is 16.8. The Balaban J connectivity index is 1.92. The first-order valence-electron chi connectivity index (χ1n) is 9.86. The summed E-state index contributed by atoms with van der Waals surface area (Å²) in [5.74, 6) is 1.72. The van der Waals surface area contributed by atoms with Gasteiger partial charge >= 0.3 is 0 Å². The van der Waals surface area contributed by atoms with Gasteiger partial charge in [0.2, 0.25) is 5.91 Å². The van der Waals surface area contributed by atoms with E-state index in [0.717, 1.165) is 56.0 Å². The van der Waals surface area contributed by atoms with E-state index in [9.17, 15) is 10.1 Å². The Morgan fingerprint density at radius 2 is 1.81 bits per heavy atom. The summed E-state index contributed by atoms with van der Waals surface area (Å²) in [7, 11) is 0. The molecule has 0 atom stereocenters. The van der Waals surface area contributed by atoms with Crippen LogP contribution in [0.5, 0.6) is 0 Å². The van der Waals surface area contributed by atoms with Crippen LogP contribution < -0.4 is 9.88 Å². The normalized spacial score (nSPS) is 16.3. The first-order chi connectivity index (χ1) is 12.7. The molecule has 6 heteroatoms. The number of nitriles is 1. The molecule has 0 saturated carbocycles. The second-order valence-electron chi connectivity index (χ2n) is 7.00. The van der Waals surface area contributed by atoms with E-state index >= 15 is 0 Å². The molecule has 140 valence electrons. The lowest BCUT2D eigenvalue weighted by molar-refractivity contribution is -0.414. The molecule has 0 bridgehead atoms. The molecule has 1 saturated heterocycles. The summed E-state index contributed by atoms with van der Waals surface area (Å²) in [5, 5.41) is 10.7. The number of aromatic nitrogens is 1. The SMILES string of the molecule is CCN(CC)C(=O)CSc1[nH+]c(N2CCCC2)c2c(c1C#N)CCCC2. The maximum atomic E-state index is 12.4. The van der Waals surface area contributed by atoms with Crippen LogP contribution in [0, 0.1) is 11.3 Å². The molecular weight excluding hydrogens is 344 g/mol. The summed E-state index contributed by atoms with van der Waals surface area (Å²) in [6, 6.07) is 2.43. The molecule has 1 aromatic rings. The molecule has 2 heterocycles. The predicted molar refractivity (Wildman–Crippen MR) is 104 cm³/mol. The van der Waals surface area contributed by atoms with Gasteiger partial charge in [0.1, 0.15) is 11.6 Å². The lowest BCUT2D eigenvalue weighted by atomic mass is 9.89. The smallest absolute Gasteiger partial charge is 0.278 e. The first-order valence-corrected chi connectivity index (χ1v) is 10.8. The first kappa shape index (κ1) is 19.0. The van der Waals surface area contributed by atoms with Gasteiger partial charge < -0.3 is 4.90 Å². The van der Waals surface area contributed by atoms with Gasteiger partial charge in [-0.2, -0.15) is 5.26 Å². The van der Waals surface area contributed by atoms with Crippen LogP contribution in [-0.4, -0.2) is 42.7 Å². The summed E-state index contributed by atoms with van der Waals surface area (Å²) in [6.45, 7) is 7.63. The lowest BCUT2D eigenvalue weighted by Crippen LogP contribution is -2.33. The highest BCUT2D eigenvalue weighted by atomic mass is 32.2. The van der Waals surface area contributed by atoms with E-state index < -0.39 is 0 Å². The number of rotatable bonds is 6. The minimum Gasteiger partial charge on any atom is -0.343 e. The quantitative estimate of drug-likeness (QED) is 0.720. The van der Waals surface area contributed by atoms with Gasteiger partial charge in [0.15, 0.2) is 5.03 Å². The number of hydrogen-bond acceptors (Lipinski definition) is 4. The van der Waals surface area contributed by atoms with Crippen molar-refractivity contribution >= 4 is 23.5 Å². The maximum Gasteiger partial charge on any atom is 0.278 e. The summed E-state index contributed by atoms with van der Waals surface area (Å²) in [5.41, 5.74) is 3.33. The molecule has 1 aliphatic carbocycles. The number of thioether (sulfide) groups is 1. The molecule has 1 aromatic heterocycles. The molecule has 26 heavy (non-hydrogen) atoms. The second kappa shape index (κ2) is 8.77. The van der Waals surface area contributed by atoms with Crippen molar-refractivity contribution < 1.29 is 9.78 Å². The van der Waals surface area contributed by atoms with Gasteiger partial charge in [-0.25, -0.2) is 4.98 Å². The van der Waals surface area contributed by atoms with Gasteiger partial charge in [0.25, 0.3) is 5.82 Å². The number of anilines is 1. The number of carbonyl (C=O) groups is 1. The van der Waals surface area contributed by atoms with E-state index in [1.165, 1.54) is 48.0 Å². The monoisotopic (exact) mass is 373 g/mol. The molecule has 3 rings (SSSR count). The average molecular weight is 374 g/mol. The third-order valence-electron chi connectivity index (χ3n) is 5.50. The fourth-order valence-electron chi connectivity index (χ4n) is 4.06. The highest BCUT2D eigenvalue weighted by Crippen LogP contribution is 2.34. The predicted octanol–water partition coefficient (Wildman–Crippen LogP) is 2.81. The maximum absolute atomic E-state index is 12.4. The van der Waals surface area contributed by atoms with Gasteiger partial charge in [-0.05, 0) is 57.9 Å². The number of fused-ring (bicyclic) bond motifs is 1. The highest BCUT2D eigenvalue weighted by molar-refractivity contribution is 7.99. The van der Waals surface area contributed by atoms with Crippen molar-refractivity contribution in [3.63, 3.8) is 0 Å². The highest BCUT2D eigenvalue weighted by Gasteiger charge is 2.31. The van der Waals surface area contributed by atoms with Crippen LogP contribution in [0.25, 0.3) is 0 Å². The van der Waals surface area contributed by atoms with E-state index in [2.05, 4.69) is 16.0 Å². The topological polar surface area (TPSA) is 61.5 Å². The molecule has 1 amide bonds. The van der Waals surface area contributed by atoms with Gasteiger partial charge in [-0.3, -0.25) is 9.69 Å². The van der Waals surface area contributed by atoms with Crippen molar-refractivity contribution in [3.8, 4) is 6.07 Å². The van der Waals surface area contributed by atoms with Gasteiger partial charge in [0.05, 0.1) is 18.8 Å².